The molecule has 0 unspecified atom stereocenters. The minimum atomic E-state index is -0.190. The van der Waals surface area contributed by atoms with Gasteiger partial charge in [0.2, 0.25) is 0 Å². The van der Waals surface area contributed by atoms with Crippen LogP contribution in [0.15, 0.2) is 22.0 Å². The number of nitrogens with zero attached hydrogens (tertiary/aromatic N) is 1. The van der Waals surface area contributed by atoms with Crippen molar-refractivity contribution < 1.29 is 4.79 Å². The van der Waals surface area contributed by atoms with E-state index in [9.17, 15) is 4.79 Å². The van der Waals surface area contributed by atoms with E-state index in [-0.39, 0.29) is 5.91 Å². The first-order valence-corrected chi connectivity index (χ1v) is 6.59. The lowest BCUT2D eigenvalue weighted by Gasteiger charge is -2.01. The third kappa shape index (κ3) is 3.31. The maximum Gasteiger partial charge on any atom is 0.269 e. The topological polar surface area (TPSA) is 83.8 Å². The van der Waals surface area contributed by atoms with Crippen LogP contribution < -0.4 is 11.1 Å². The molecule has 0 saturated carbocycles. The summed E-state index contributed by atoms with van der Waals surface area (Å²) < 4.78 is 1.10. The molecule has 0 aliphatic carbocycles. The van der Waals surface area contributed by atoms with Gasteiger partial charge >= 0.3 is 0 Å². The van der Waals surface area contributed by atoms with Crippen LogP contribution in [-0.4, -0.2) is 22.6 Å². The summed E-state index contributed by atoms with van der Waals surface area (Å²) in [6, 6.07) is 5.55. The van der Waals surface area contributed by atoms with Crippen molar-refractivity contribution in [3.8, 4) is 0 Å². The van der Waals surface area contributed by atoms with Gasteiger partial charge in [0.15, 0.2) is 0 Å². The number of carbonyl (C=O) groups is 1. The van der Waals surface area contributed by atoms with E-state index >= 15 is 0 Å². The molecule has 90 valence electrons. The average Bonchev–Trinajstić information content (AvgIpc) is 2.88. The number of thiophene rings is 1. The highest BCUT2D eigenvalue weighted by atomic mass is 79.9. The molecule has 17 heavy (non-hydrogen) atoms. The van der Waals surface area contributed by atoms with Crippen LogP contribution in [0.3, 0.4) is 0 Å². The fourth-order valence-corrected chi connectivity index (χ4v) is 2.82. The van der Waals surface area contributed by atoms with Crippen LogP contribution in [0.5, 0.6) is 0 Å². The molecule has 0 bridgehead atoms. The van der Waals surface area contributed by atoms with Crippen molar-refractivity contribution in [2.75, 3.05) is 12.3 Å². The molecule has 4 N–H and O–H groups in total. The van der Waals surface area contributed by atoms with Gasteiger partial charge in [-0.3, -0.25) is 9.89 Å². The smallest absolute Gasteiger partial charge is 0.269 e. The van der Waals surface area contributed by atoms with Crippen LogP contribution in [0, 0.1) is 0 Å². The first kappa shape index (κ1) is 12.1. The second kappa shape index (κ2) is 5.33. The zero-order valence-corrected chi connectivity index (χ0v) is 11.3. The van der Waals surface area contributed by atoms with E-state index in [4.69, 9.17) is 5.73 Å². The van der Waals surface area contributed by atoms with Gasteiger partial charge in [-0.15, -0.1) is 11.3 Å². The highest BCUT2D eigenvalue weighted by Crippen LogP contribution is 2.22. The van der Waals surface area contributed by atoms with E-state index in [0.29, 0.717) is 18.1 Å². The Labute approximate surface area is 111 Å². The van der Waals surface area contributed by atoms with Gasteiger partial charge in [-0.1, -0.05) is 0 Å². The fraction of sp³-hybridized carbons (Fsp3) is 0.200. The van der Waals surface area contributed by atoms with Crippen molar-refractivity contribution in [2.45, 2.75) is 6.42 Å². The Morgan fingerprint density at radius 1 is 1.59 bits per heavy atom. The molecule has 0 aliphatic heterocycles. The summed E-state index contributed by atoms with van der Waals surface area (Å²) in [6.07, 6.45) is 0.811. The van der Waals surface area contributed by atoms with Gasteiger partial charge in [0.05, 0.1) is 3.79 Å². The first-order chi connectivity index (χ1) is 8.15. The normalized spacial score (nSPS) is 10.4. The Hall–Kier alpha value is -1.34. The first-order valence-electron chi connectivity index (χ1n) is 4.98. The van der Waals surface area contributed by atoms with Crippen molar-refractivity contribution in [3.63, 3.8) is 0 Å². The molecule has 0 radical (unpaired) electrons. The lowest BCUT2D eigenvalue weighted by Crippen LogP contribution is -2.25. The average molecular weight is 315 g/mol. The van der Waals surface area contributed by atoms with E-state index in [1.54, 1.807) is 11.3 Å². The lowest BCUT2D eigenvalue weighted by atomic mass is 10.3. The molecule has 7 heteroatoms. The third-order valence-corrected chi connectivity index (χ3v) is 3.81. The number of nitrogens with one attached hydrogen (secondary N) is 2. The molecule has 0 atom stereocenters. The number of hydrogen-bond acceptors (Lipinski definition) is 4. The maximum atomic E-state index is 11.6. The van der Waals surface area contributed by atoms with Crippen LogP contribution in [0.1, 0.15) is 15.4 Å². The number of amides is 1. The maximum absolute atomic E-state index is 11.6. The molecule has 0 spiro atoms. The van der Waals surface area contributed by atoms with Gasteiger partial charge in [-0.25, -0.2) is 0 Å². The zero-order valence-electron chi connectivity index (χ0n) is 8.87. The van der Waals surface area contributed by atoms with Crippen molar-refractivity contribution in [1.29, 1.82) is 0 Å². The van der Waals surface area contributed by atoms with E-state index in [1.165, 1.54) is 10.9 Å². The predicted octanol–water partition coefficient (Wildman–Crippen LogP) is 1.79. The Bertz CT molecular complexity index is 522. The molecule has 5 nitrogen and oxygen atoms in total. The molecule has 2 rings (SSSR count). The molecule has 1 amide bonds. The van der Waals surface area contributed by atoms with Crippen LogP contribution in [0.4, 0.5) is 5.82 Å². The van der Waals surface area contributed by atoms with Gasteiger partial charge in [0, 0.05) is 17.5 Å². The molecule has 0 aromatic carbocycles. The number of aromatic amines is 1. The Kier molecular flexibility index (Phi) is 3.80. The number of nitrogens with two attached hydrogens (primary N) is 1. The Morgan fingerprint density at radius 3 is 3.00 bits per heavy atom. The predicted molar refractivity (Wildman–Crippen MR) is 71.1 cm³/mol. The third-order valence-electron chi connectivity index (χ3n) is 2.13. The summed E-state index contributed by atoms with van der Waals surface area (Å²) in [7, 11) is 0. The molecular formula is C10H11BrN4OS. The summed E-state index contributed by atoms with van der Waals surface area (Å²) in [5, 5.41) is 9.06. The summed E-state index contributed by atoms with van der Waals surface area (Å²) in [5.41, 5.74) is 5.80. The zero-order chi connectivity index (χ0) is 12.3. The van der Waals surface area contributed by atoms with Gasteiger partial charge in [-0.2, -0.15) is 5.10 Å². The number of anilines is 1. The molecule has 2 aromatic rings. The Morgan fingerprint density at radius 2 is 2.41 bits per heavy atom. The molecule has 2 aromatic heterocycles. The van der Waals surface area contributed by atoms with E-state index < -0.39 is 0 Å². The fourth-order valence-electron chi connectivity index (χ4n) is 1.33. The highest BCUT2D eigenvalue weighted by molar-refractivity contribution is 9.11. The van der Waals surface area contributed by atoms with E-state index in [1.807, 2.05) is 12.1 Å². The van der Waals surface area contributed by atoms with Crippen molar-refractivity contribution in [2.24, 2.45) is 0 Å². The quantitative estimate of drug-likeness (QED) is 0.804. The summed E-state index contributed by atoms with van der Waals surface area (Å²) in [4.78, 5) is 12.8. The number of carbonyl (C=O) groups excluding carboxylic acids is 1. The van der Waals surface area contributed by atoms with Gasteiger partial charge in [0.1, 0.15) is 11.5 Å². The van der Waals surface area contributed by atoms with Crippen molar-refractivity contribution in [3.05, 3.63) is 32.6 Å². The van der Waals surface area contributed by atoms with Crippen LogP contribution in [0.2, 0.25) is 0 Å². The largest absolute Gasteiger partial charge is 0.382 e. The molecule has 2 heterocycles. The number of halogens is 1. The van der Waals surface area contributed by atoms with Gasteiger partial charge < -0.3 is 11.1 Å². The summed E-state index contributed by atoms with van der Waals surface area (Å²) in [5.74, 6) is 0.127. The highest BCUT2D eigenvalue weighted by Gasteiger charge is 2.07. The van der Waals surface area contributed by atoms with Crippen LogP contribution >= 0.6 is 27.3 Å². The number of nitrogen functional groups attached to an aromatic ring is 1. The monoisotopic (exact) mass is 314 g/mol. The molecule has 0 saturated heterocycles. The van der Waals surface area contributed by atoms with Crippen molar-refractivity contribution in [1.82, 2.24) is 15.5 Å². The van der Waals surface area contributed by atoms with Gasteiger partial charge in [-0.05, 0) is 34.5 Å². The standard InChI is InChI=1S/C10H11BrN4OS/c11-8-2-1-6(17-8)3-4-13-10(16)7-5-9(12)15-14-7/h1-2,5H,3-4H2,(H,13,16)(H3,12,14,15). The molecule has 0 aliphatic rings. The van der Waals surface area contributed by atoms with E-state index in [0.717, 1.165) is 10.2 Å². The van der Waals surface area contributed by atoms with Crippen molar-refractivity contribution >= 4 is 39.0 Å². The minimum Gasteiger partial charge on any atom is -0.382 e. The summed E-state index contributed by atoms with van der Waals surface area (Å²) >= 11 is 5.06. The number of aromatic nitrogens is 2. The van der Waals surface area contributed by atoms with Gasteiger partial charge in [0.25, 0.3) is 5.91 Å². The van der Waals surface area contributed by atoms with E-state index in [2.05, 4.69) is 31.4 Å². The van der Waals surface area contributed by atoms with Crippen LogP contribution in [0.25, 0.3) is 0 Å². The Balaban J connectivity index is 1.81. The second-order valence-corrected chi connectivity index (χ2v) is 5.97. The number of rotatable bonds is 4. The molecule has 0 fully saturated rings. The summed E-state index contributed by atoms with van der Waals surface area (Å²) in [6.45, 7) is 0.588. The SMILES string of the molecule is Nc1cc(C(=O)NCCc2ccc(Br)s2)[nH]n1. The lowest BCUT2D eigenvalue weighted by molar-refractivity contribution is 0.0949. The minimum absolute atomic E-state index is 0.190. The number of H-pyrrole nitrogens is 1. The molecular weight excluding hydrogens is 304 g/mol. The second-order valence-electron chi connectivity index (χ2n) is 3.42. The van der Waals surface area contributed by atoms with Crippen LogP contribution in [-0.2, 0) is 6.42 Å². The number of hydrogen-bond donors (Lipinski definition) is 3.